The summed E-state index contributed by atoms with van der Waals surface area (Å²) in [7, 11) is 1.95. The van der Waals surface area contributed by atoms with Gasteiger partial charge >= 0.3 is 0 Å². The van der Waals surface area contributed by atoms with Crippen molar-refractivity contribution in [1.29, 1.82) is 0 Å². The van der Waals surface area contributed by atoms with Crippen LogP contribution in [0.1, 0.15) is 53.8 Å². The minimum Gasteiger partial charge on any atom is -0.341 e. The zero-order valence-corrected chi connectivity index (χ0v) is 17.6. The fourth-order valence-corrected chi connectivity index (χ4v) is 4.13. The third-order valence-corrected chi connectivity index (χ3v) is 5.72. The van der Waals surface area contributed by atoms with Gasteiger partial charge in [0.05, 0.1) is 11.1 Å². The summed E-state index contributed by atoms with van der Waals surface area (Å²) in [4.78, 5) is 42.0. The van der Waals surface area contributed by atoms with Crippen LogP contribution in [-0.4, -0.2) is 60.2 Å². The second-order valence-corrected chi connectivity index (χ2v) is 7.88. The average molecular weight is 408 g/mol. The largest absolute Gasteiger partial charge is 0.341 e. The van der Waals surface area contributed by atoms with Crippen molar-refractivity contribution < 1.29 is 14.4 Å². The van der Waals surface area contributed by atoms with E-state index < -0.39 is 6.04 Å². The molecule has 3 rings (SSSR count). The van der Waals surface area contributed by atoms with Gasteiger partial charge in [0.15, 0.2) is 0 Å². The summed E-state index contributed by atoms with van der Waals surface area (Å²) in [5, 5.41) is 3.18. The second kappa shape index (κ2) is 9.52. The number of halogens is 1. The van der Waals surface area contributed by atoms with Gasteiger partial charge in [0.1, 0.15) is 6.04 Å². The van der Waals surface area contributed by atoms with E-state index in [2.05, 4.69) is 5.32 Å². The van der Waals surface area contributed by atoms with Crippen LogP contribution in [-0.2, 0) is 4.79 Å². The van der Waals surface area contributed by atoms with Crippen molar-refractivity contribution in [2.45, 2.75) is 39.2 Å². The molecule has 0 spiro atoms. The molecule has 1 fully saturated rings. The summed E-state index contributed by atoms with van der Waals surface area (Å²) in [6.07, 6.45) is 3.06. The fourth-order valence-electron chi connectivity index (χ4n) is 4.13. The zero-order valence-electron chi connectivity index (χ0n) is 16.8. The highest BCUT2D eigenvalue weighted by Crippen LogP contribution is 2.29. The normalized spacial score (nSPS) is 18.3. The Morgan fingerprint density at radius 3 is 2.11 bits per heavy atom. The Morgan fingerprint density at radius 1 is 1.11 bits per heavy atom. The Morgan fingerprint density at radius 2 is 1.64 bits per heavy atom. The third kappa shape index (κ3) is 4.23. The number of piperidine rings is 1. The van der Waals surface area contributed by atoms with Gasteiger partial charge in [-0.3, -0.25) is 19.3 Å². The molecule has 2 aliphatic rings. The van der Waals surface area contributed by atoms with Crippen molar-refractivity contribution in [2.24, 2.45) is 11.8 Å². The first-order valence-electron chi connectivity index (χ1n) is 9.86. The number of hydrogen-bond acceptors (Lipinski definition) is 4. The van der Waals surface area contributed by atoms with E-state index in [1.54, 1.807) is 24.3 Å². The van der Waals surface area contributed by atoms with E-state index in [-0.39, 0.29) is 36.0 Å². The van der Waals surface area contributed by atoms with Gasteiger partial charge in [0, 0.05) is 13.1 Å². The van der Waals surface area contributed by atoms with E-state index in [1.807, 2.05) is 25.8 Å². The number of hydrogen-bond donors (Lipinski definition) is 1. The predicted octanol–water partition coefficient (Wildman–Crippen LogP) is 2.58. The standard InChI is InChI=1S/C21H29N3O3.ClH/c1-14(2)18(21(27)23-12-9-15(10-13-23)8-11-22-3)24-19(25)16-6-4-5-7-17(16)20(24)26;/h4-7,14-15,18,22H,8-13H2,1-3H3;1H. The number of benzene rings is 1. The van der Waals surface area contributed by atoms with Gasteiger partial charge in [-0.15, -0.1) is 12.4 Å². The number of fused-ring (bicyclic) bond motifs is 1. The quantitative estimate of drug-likeness (QED) is 0.736. The fraction of sp³-hybridized carbons (Fsp3) is 0.571. The summed E-state index contributed by atoms with van der Waals surface area (Å²) in [5.74, 6) is -0.329. The van der Waals surface area contributed by atoms with E-state index in [0.717, 1.165) is 25.8 Å². The van der Waals surface area contributed by atoms with Crippen LogP contribution in [0.2, 0.25) is 0 Å². The van der Waals surface area contributed by atoms with Crippen molar-refractivity contribution >= 4 is 30.1 Å². The van der Waals surface area contributed by atoms with Crippen LogP contribution in [0.4, 0.5) is 0 Å². The lowest BCUT2D eigenvalue weighted by Gasteiger charge is -2.37. The third-order valence-electron chi connectivity index (χ3n) is 5.72. The number of nitrogens with one attached hydrogen (secondary N) is 1. The van der Waals surface area contributed by atoms with Crippen LogP contribution in [0, 0.1) is 11.8 Å². The Bertz CT molecular complexity index is 694. The number of carbonyl (C=O) groups is 3. The predicted molar refractivity (Wildman–Crippen MR) is 111 cm³/mol. The van der Waals surface area contributed by atoms with Gasteiger partial charge in [0.25, 0.3) is 11.8 Å². The first kappa shape index (κ1) is 22.4. The maximum absolute atomic E-state index is 13.3. The second-order valence-electron chi connectivity index (χ2n) is 7.88. The van der Waals surface area contributed by atoms with Gasteiger partial charge in [0.2, 0.25) is 5.91 Å². The lowest BCUT2D eigenvalue weighted by molar-refractivity contribution is -0.138. The molecule has 0 aliphatic carbocycles. The Labute approximate surface area is 173 Å². The van der Waals surface area contributed by atoms with Crippen LogP contribution in [0.15, 0.2) is 24.3 Å². The van der Waals surface area contributed by atoms with Crippen LogP contribution >= 0.6 is 12.4 Å². The SMILES string of the molecule is CNCCC1CCN(C(=O)C(C(C)C)N2C(=O)c3ccccc3C2=O)CC1.Cl. The van der Waals surface area contributed by atoms with Gasteiger partial charge in [-0.05, 0) is 56.8 Å². The molecular formula is C21H30ClN3O3. The molecule has 1 N–H and O–H groups in total. The molecule has 6 nitrogen and oxygen atoms in total. The lowest BCUT2D eigenvalue weighted by Crippen LogP contribution is -2.54. The molecular weight excluding hydrogens is 378 g/mol. The van der Waals surface area contributed by atoms with Crippen molar-refractivity contribution in [3.05, 3.63) is 35.4 Å². The van der Waals surface area contributed by atoms with E-state index in [1.165, 1.54) is 4.90 Å². The van der Waals surface area contributed by atoms with E-state index >= 15 is 0 Å². The molecule has 1 aromatic rings. The first-order chi connectivity index (χ1) is 13.0. The minimum absolute atomic E-state index is 0. The maximum Gasteiger partial charge on any atom is 0.262 e. The summed E-state index contributed by atoms with van der Waals surface area (Å²) >= 11 is 0. The molecule has 1 unspecified atom stereocenters. The topological polar surface area (TPSA) is 69.7 Å². The summed E-state index contributed by atoms with van der Waals surface area (Å²) in [6, 6.07) is 6.06. The highest BCUT2D eigenvalue weighted by molar-refractivity contribution is 6.22. The molecule has 154 valence electrons. The molecule has 7 heteroatoms. The Kier molecular flexibility index (Phi) is 7.61. The molecule has 0 aromatic heterocycles. The molecule has 2 aliphatic heterocycles. The number of likely N-dealkylation sites (tertiary alicyclic amines) is 1. The summed E-state index contributed by atoms with van der Waals surface area (Å²) in [5.41, 5.74) is 0.790. The van der Waals surface area contributed by atoms with Gasteiger partial charge < -0.3 is 10.2 Å². The number of nitrogens with zero attached hydrogens (tertiary/aromatic N) is 2. The molecule has 1 saturated heterocycles. The molecule has 1 aromatic carbocycles. The van der Waals surface area contributed by atoms with E-state index in [4.69, 9.17) is 0 Å². The maximum atomic E-state index is 13.3. The van der Waals surface area contributed by atoms with Crippen molar-refractivity contribution in [3.8, 4) is 0 Å². The monoisotopic (exact) mass is 407 g/mol. The molecule has 0 bridgehead atoms. The number of rotatable bonds is 6. The van der Waals surface area contributed by atoms with Crippen molar-refractivity contribution in [2.75, 3.05) is 26.7 Å². The van der Waals surface area contributed by atoms with Crippen LogP contribution in [0.25, 0.3) is 0 Å². The summed E-state index contributed by atoms with van der Waals surface area (Å²) in [6.45, 7) is 6.17. The smallest absolute Gasteiger partial charge is 0.262 e. The molecule has 2 heterocycles. The van der Waals surface area contributed by atoms with Gasteiger partial charge in [-0.2, -0.15) is 0 Å². The highest BCUT2D eigenvalue weighted by Gasteiger charge is 2.45. The number of amides is 3. The minimum atomic E-state index is -0.744. The zero-order chi connectivity index (χ0) is 19.6. The molecule has 1 atom stereocenters. The molecule has 28 heavy (non-hydrogen) atoms. The Hall–Kier alpha value is -1.92. The highest BCUT2D eigenvalue weighted by atomic mass is 35.5. The number of imide groups is 1. The summed E-state index contributed by atoms with van der Waals surface area (Å²) < 4.78 is 0. The average Bonchev–Trinajstić information content (AvgIpc) is 2.92. The lowest BCUT2D eigenvalue weighted by atomic mass is 9.92. The molecule has 3 amide bonds. The molecule has 0 radical (unpaired) electrons. The number of carbonyl (C=O) groups excluding carboxylic acids is 3. The molecule has 0 saturated carbocycles. The van der Waals surface area contributed by atoms with Gasteiger partial charge in [-0.25, -0.2) is 0 Å². The Balaban J connectivity index is 0.00000280. The first-order valence-corrected chi connectivity index (χ1v) is 9.86. The van der Waals surface area contributed by atoms with E-state index in [0.29, 0.717) is 30.1 Å². The van der Waals surface area contributed by atoms with E-state index in [9.17, 15) is 14.4 Å². The van der Waals surface area contributed by atoms with Crippen molar-refractivity contribution in [3.63, 3.8) is 0 Å². The van der Waals surface area contributed by atoms with Crippen molar-refractivity contribution in [1.82, 2.24) is 15.1 Å². The van der Waals surface area contributed by atoms with Crippen LogP contribution < -0.4 is 5.32 Å². The van der Waals surface area contributed by atoms with Crippen LogP contribution in [0.5, 0.6) is 0 Å². The van der Waals surface area contributed by atoms with Gasteiger partial charge in [-0.1, -0.05) is 26.0 Å². The van der Waals surface area contributed by atoms with Crippen LogP contribution in [0.3, 0.4) is 0 Å².